The van der Waals surface area contributed by atoms with E-state index in [1.54, 1.807) is 48.8 Å². The number of anilines is 2. The van der Waals surface area contributed by atoms with Crippen molar-refractivity contribution in [3.05, 3.63) is 101 Å². The number of nitrogens with zero attached hydrogens (tertiary/aromatic N) is 4. The predicted molar refractivity (Wildman–Crippen MR) is 167 cm³/mol. The summed E-state index contributed by atoms with van der Waals surface area (Å²) in [5.41, 5.74) is 6.14. The Morgan fingerprint density at radius 2 is 1.80 bits per heavy atom. The molecule has 0 radical (unpaired) electrons. The van der Waals surface area contributed by atoms with Gasteiger partial charge < -0.3 is 21.3 Å². The number of benzene rings is 2. The molecular weight excluding hydrogens is 599 g/mol. The predicted octanol–water partition coefficient (Wildman–Crippen LogP) is 3.63. The summed E-state index contributed by atoms with van der Waals surface area (Å²) in [6.07, 6.45) is 5.57. The number of pyridine rings is 1. The number of likely N-dealkylation sites (tertiary alicyclic amines) is 1. The molecule has 0 aliphatic carbocycles. The van der Waals surface area contributed by atoms with Crippen molar-refractivity contribution < 1.29 is 18.8 Å². The van der Waals surface area contributed by atoms with Gasteiger partial charge >= 0.3 is 0 Å². The minimum atomic E-state index is -0.959. The maximum Gasteiger partial charge on any atom is 0.267 e. The molecule has 2 aromatic heterocycles. The quantitative estimate of drug-likeness (QED) is 0.171. The van der Waals surface area contributed by atoms with Gasteiger partial charge in [-0.1, -0.05) is 23.6 Å². The lowest BCUT2D eigenvalue weighted by atomic mass is 10.0. The van der Waals surface area contributed by atoms with Gasteiger partial charge in [0.15, 0.2) is 5.82 Å². The molecule has 1 aliphatic rings. The molecule has 0 saturated carbocycles. The molecule has 5 rings (SSSR count). The number of nitrogens with two attached hydrogens (primary N) is 1. The molecule has 2 aromatic carbocycles. The summed E-state index contributed by atoms with van der Waals surface area (Å²) < 4.78 is 15.4. The van der Waals surface area contributed by atoms with Crippen molar-refractivity contribution in [2.75, 3.05) is 23.7 Å². The fourth-order valence-electron chi connectivity index (χ4n) is 4.83. The fraction of sp³-hybridized carbons (Fsp3) is 0.156. The first-order valence-electron chi connectivity index (χ1n) is 13.8. The van der Waals surface area contributed by atoms with Gasteiger partial charge in [-0.2, -0.15) is 0 Å². The first-order chi connectivity index (χ1) is 21.7. The first kappa shape index (κ1) is 30.8. The van der Waals surface area contributed by atoms with Crippen molar-refractivity contribution in [3.8, 4) is 23.1 Å². The van der Waals surface area contributed by atoms with Gasteiger partial charge in [-0.05, 0) is 67.3 Å². The molecule has 1 atom stereocenters. The van der Waals surface area contributed by atoms with E-state index in [9.17, 15) is 14.4 Å². The third-order valence-corrected chi connectivity index (χ3v) is 7.30. The topological polar surface area (TPSA) is 167 Å². The monoisotopic (exact) mass is 624 g/mol. The molecule has 5 N–H and O–H groups in total. The smallest absolute Gasteiger partial charge is 0.267 e. The van der Waals surface area contributed by atoms with Gasteiger partial charge in [0, 0.05) is 47.5 Å². The first-order valence-corrected chi connectivity index (χ1v) is 14.2. The molecule has 11 nitrogen and oxygen atoms in total. The van der Waals surface area contributed by atoms with Crippen LogP contribution in [0.3, 0.4) is 0 Å². The summed E-state index contributed by atoms with van der Waals surface area (Å²) in [6, 6.07) is 13.3. The third-order valence-electron chi connectivity index (χ3n) is 7.00. The van der Waals surface area contributed by atoms with Crippen LogP contribution in [0.25, 0.3) is 11.3 Å². The van der Waals surface area contributed by atoms with Crippen LogP contribution in [0.4, 0.5) is 15.8 Å². The van der Waals surface area contributed by atoms with E-state index < -0.39 is 35.3 Å². The summed E-state index contributed by atoms with van der Waals surface area (Å²) >= 11 is 6.20. The van der Waals surface area contributed by atoms with Gasteiger partial charge in [-0.25, -0.2) is 14.4 Å². The second-order valence-corrected chi connectivity index (χ2v) is 10.3. The highest BCUT2D eigenvalue weighted by atomic mass is 35.5. The number of carbonyl (C=O) groups is 3. The zero-order valence-electron chi connectivity index (χ0n) is 23.7. The van der Waals surface area contributed by atoms with Crippen molar-refractivity contribution in [1.29, 1.82) is 5.41 Å². The van der Waals surface area contributed by atoms with Crippen LogP contribution in [-0.4, -0.2) is 62.4 Å². The normalized spacial score (nSPS) is 13.8. The summed E-state index contributed by atoms with van der Waals surface area (Å²) in [7, 11) is 0. The Morgan fingerprint density at radius 1 is 1.02 bits per heavy atom. The molecule has 3 amide bonds. The second-order valence-electron chi connectivity index (χ2n) is 9.91. The zero-order valence-corrected chi connectivity index (χ0v) is 24.4. The van der Waals surface area contributed by atoms with Gasteiger partial charge in [0.05, 0.1) is 22.9 Å². The van der Waals surface area contributed by atoms with E-state index in [1.807, 2.05) is 0 Å². The molecule has 226 valence electrons. The molecular formula is C32H26ClFN8O3. The van der Waals surface area contributed by atoms with Crippen molar-refractivity contribution in [2.24, 2.45) is 5.73 Å². The Balaban J connectivity index is 1.29. The lowest BCUT2D eigenvalue weighted by Crippen LogP contribution is -2.45. The standard InChI is InChI=1S/C32H26ClFN8O3/c33-22-6-2-13-39-30(22)20-5-1-7-24(28(20)34)41-32(45)25-8-3-16-42(25)27(43)18-40-23-11-9-19(17-21(23)29(35)31(36)44)10-12-26-37-14-4-15-38-26/h1-2,4-7,9,11,13-15,17,25,35,40H,3,8,16,18H2,(H2,36,44)(H,41,45). The molecule has 0 bridgehead atoms. The summed E-state index contributed by atoms with van der Waals surface area (Å²) in [6.45, 7) is 0.0818. The van der Waals surface area contributed by atoms with E-state index in [1.165, 1.54) is 29.3 Å². The largest absolute Gasteiger partial charge is 0.376 e. The van der Waals surface area contributed by atoms with Crippen LogP contribution in [0.5, 0.6) is 0 Å². The van der Waals surface area contributed by atoms with E-state index in [0.717, 1.165) is 0 Å². The maximum atomic E-state index is 15.4. The molecule has 45 heavy (non-hydrogen) atoms. The highest BCUT2D eigenvalue weighted by Gasteiger charge is 2.34. The van der Waals surface area contributed by atoms with Gasteiger partial charge in [0.25, 0.3) is 5.91 Å². The van der Waals surface area contributed by atoms with Crippen molar-refractivity contribution in [2.45, 2.75) is 18.9 Å². The molecule has 1 unspecified atom stereocenters. The number of primary amides is 1. The minimum Gasteiger partial charge on any atom is -0.376 e. The van der Waals surface area contributed by atoms with Crippen molar-refractivity contribution >= 4 is 46.4 Å². The average Bonchev–Trinajstić information content (AvgIpc) is 3.55. The van der Waals surface area contributed by atoms with E-state index in [-0.39, 0.29) is 34.1 Å². The molecule has 1 aliphatic heterocycles. The van der Waals surface area contributed by atoms with Gasteiger partial charge in [0.2, 0.25) is 17.6 Å². The number of nitrogens with one attached hydrogen (secondary N) is 3. The Kier molecular flexibility index (Phi) is 9.40. The number of hydrogen-bond acceptors (Lipinski definition) is 8. The Bertz CT molecular complexity index is 1860. The van der Waals surface area contributed by atoms with Crippen molar-refractivity contribution in [1.82, 2.24) is 19.9 Å². The summed E-state index contributed by atoms with van der Waals surface area (Å²) in [5, 5.41) is 14.0. The SMILES string of the molecule is N=C(C(N)=O)c1cc(C#Cc2ncccn2)ccc1NCC(=O)N1CCCC1C(=O)Nc1cccc(-c2ncccc2Cl)c1F. The molecule has 13 heteroatoms. The Morgan fingerprint density at radius 3 is 2.56 bits per heavy atom. The van der Waals surface area contributed by atoms with Crippen LogP contribution in [0, 0.1) is 23.1 Å². The maximum absolute atomic E-state index is 15.4. The number of carbonyl (C=O) groups excluding carboxylic acids is 3. The highest BCUT2D eigenvalue weighted by molar-refractivity contribution is 6.44. The molecule has 1 saturated heterocycles. The van der Waals surface area contributed by atoms with Gasteiger partial charge in [-0.15, -0.1) is 0 Å². The van der Waals surface area contributed by atoms with Crippen LogP contribution in [-0.2, 0) is 14.4 Å². The number of aromatic nitrogens is 3. The zero-order chi connectivity index (χ0) is 31.9. The summed E-state index contributed by atoms with van der Waals surface area (Å²) in [4.78, 5) is 52.0. The van der Waals surface area contributed by atoms with Crippen LogP contribution in [0.15, 0.2) is 73.2 Å². The van der Waals surface area contributed by atoms with Gasteiger partial charge in [0.1, 0.15) is 11.8 Å². The van der Waals surface area contributed by atoms with Gasteiger partial charge in [-0.3, -0.25) is 24.8 Å². The molecule has 4 aromatic rings. The van der Waals surface area contributed by atoms with E-state index in [2.05, 4.69) is 37.4 Å². The second kappa shape index (κ2) is 13.7. The number of halogens is 2. The van der Waals surface area contributed by atoms with E-state index in [4.69, 9.17) is 22.7 Å². The average molecular weight is 625 g/mol. The molecule has 0 spiro atoms. The van der Waals surface area contributed by atoms with Crippen molar-refractivity contribution in [3.63, 3.8) is 0 Å². The van der Waals surface area contributed by atoms with Crippen LogP contribution < -0.4 is 16.4 Å². The van der Waals surface area contributed by atoms with E-state index >= 15 is 4.39 Å². The molecule has 1 fully saturated rings. The Hall–Kier alpha value is -5.67. The summed E-state index contributed by atoms with van der Waals surface area (Å²) in [5.74, 6) is 3.39. The Labute approximate surface area is 262 Å². The number of amides is 3. The fourth-order valence-corrected chi connectivity index (χ4v) is 5.05. The van der Waals surface area contributed by atoms with Crippen LogP contribution >= 0.6 is 11.6 Å². The lowest BCUT2D eigenvalue weighted by Gasteiger charge is -2.25. The minimum absolute atomic E-state index is 0.0618. The molecule has 3 heterocycles. The van der Waals surface area contributed by atoms with Crippen LogP contribution in [0.1, 0.15) is 29.8 Å². The van der Waals surface area contributed by atoms with E-state index in [0.29, 0.717) is 36.5 Å². The lowest BCUT2D eigenvalue weighted by molar-refractivity contribution is -0.135. The highest BCUT2D eigenvalue weighted by Crippen LogP contribution is 2.31. The third kappa shape index (κ3) is 7.11. The number of rotatable bonds is 8. The number of hydrogen-bond donors (Lipinski definition) is 4. The van der Waals surface area contributed by atoms with Crippen LogP contribution in [0.2, 0.25) is 5.02 Å².